The van der Waals surface area contributed by atoms with Crippen LogP contribution in [-0.2, 0) is 19.8 Å². The van der Waals surface area contributed by atoms with Gasteiger partial charge in [0.25, 0.3) is 5.91 Å². The van der Waals surface area contributed by atoms with Crippen molar-refractivity contribution in [2.45, 2.75) is 19.6 Å². The SMILES string of the molecule is CCNc1cc(-c2c(C(=NC)NN)cnn2C)cc(N2Cc3c(cc(C=O)cc3C(F)(F)F)C2=O)n1. The van der Waals surface area contributed by atoms with Gasteiger partial charge in [0.05, 0.1) is 29.6 Å². The van der Waals surface area contributed by atoms with Crippen LogP contribution < -0.4 is 21.5 Å². The van der Waals surface area contributed by atoms with Crippen molar-refractivity contribution < 1.29 is 22.8 Å². The number of pyridine rings is 1. The summed E-state index contributed by atoms with van der Waals surface area (Å²) in [7, 11) is 3.27. The fraction of sp³-hybridized carbons (Fsp3) is 0.261. The molecule has 0 saturated heterocycles. The van der Waals surface area contributed by atoms with Gasteiger partial charge in [-0.3, -0.25) is 24.2 Å². The molecule has 4 N–H and O–H groups in total. The third kappa shape index (κ3) is 4.28. The highest BCUT2D eigenvalue weighted by Gasteiger charge is 2.41. The van der Waals surface area contributed by atoms with Crippen LogP contribution in [0.4, 0.5) is 24.8 Å². The number of amidine groups is 1. The second-order valence-electron chi connectivity index (χ2n) is 7.98. The van der Waals surface area contributed by atoms with Crippen LogP contribution in [0, 0.1) is 0 Å². The zero-order valence-corrected chi connectivity index (χ0v) is 19.6. The fourth-order valence-electron chi connectivity index (χ4n) is 4.22. The molecule has 10 nitrogen and oxygen atoms in total. The first-order valence-corrected chi connectivity index (χ1v) is 10.9. The van der Waals surface area contributed by atoms with E-state index in [0.717, 1.165) is 11.0 Å². The van der Waals surface area contributed by atoms with Crippen LogP contribution in [0.15, 0.2) is 35.5 Å². The first-order valence-electron chi connectivity index (χ1n) is 10.9. The van der Waals surface area contributed by atoms with Crippen molar-refractivity contribution in [1.82, 2.24) is 20.2 Å². The quantitative estimate of drug-likeness (QED) is 0.156. The van der Waals surface area contributed by atoms with Crippen molar-refractivity contribution in [1.29, 1.82) is 0 Å². The third-order valence-corrected chi connectivity index (χ3v) is 5.78. The molecule has 188 valence electrons. The molecule has 1 aromatic carbocycles. The topological polar surface area (TPSA) is 131 Å². The van der Waals surface area contributed by atoms with Crippen molar-refractivity contribution >= 4 is 29.7 Å². The Labute approximate surface area is 204 Å². The largest absolute Gasteiger partial charge is 0.416 e. The lowest BCUT2D eigenvalue weighted by atomic mass is 9.99. The molecule has 0 fully saturated rings. The highest BCUT2D eigenvalue weighted by Crippen LogP contribution is 2.40. The molecule has 3 heterocycles. The van der Waals surface area contributed by atoms with E-state index in [-0.39, 0.29) is 35.3 Å². The average Bonchev–Trinajstić information content (AvgIpc) is 3.38. The first-order chi connectivity index (χ1) is 17.1. The van der Waals surface area contributed by atoms with E-state index in [2.05, 4.69) is 25.8 Å². The van der Waals surface area contributed by atoms with Crippen LogP contribution in [0.1, 0.15) is 44.3 Å². The van der Waals surface area contributed by atoms with E-state index in [0.29, 0.717) is 35.0 Å². The van der Waals surface area contributed by atoms with Crippen molar-refractivity contribution in [2.24, 2.45) is 17.9 Å². The van der Waals surface area contributed by atoms with Crippen LogP contribution >= 0.6 is 0 Å². The predicted molar refractivity (Wildman–Crippen MR) is 128 cm³/mol. The number of hydrazine groups is 1. The van der Waals surface area contributed by atoms with Crippen molar-refractivity contribution in [3.05, 3.63) is 58.3 Å². The molecular formula is C23H23F3N8O2. The number of alkyl halides is 3. The Hall–Kier alpha value is -4.26. The maximum absolute atomic E-state index is 13.8. The van der Waals surface area contributed by atoms with E-state index in [4.69, 9.17) is 5.84 Å². The summed E-state index contributed by atoms with van der Waals surface area (Å²) in [4.78, 5) is 34.3. The summed E-state index contributed by atoms with van der Waals surface area (Å²) >= 11 is 0. The Morgan fingerprint density at radius 1 is 1.28 bits per heavy atom. The second kappa shape index (κ2) is 9.41. The summed E-state index contributed by atoms with van der Waals surface area (Å²) < 4.78 is 42.9. The molecule has 3 aromatic rings. The smallest absolute Gasteiger partial charge is 0.370 e. The Balaban J connectivity index is 1.87. The van der Waals surface area contributed by atoms with Gasteiger partial charge in [0.2, 0.25) is 0 Å². The maximum Gasteiger partial charge on any atom is 0.416 e. The number of amides is 1. The van der Waals surface area contributed by atoms with Crippen LogP contribution in [0.3, 0.4) is 0 Å². The Morgan fingerprint density at radius 2 is 2.03 bits per heavy atom. The molecule has 1 aliphatic heterocycles. The van der Waals surface area contributed by atoms with Gasteiger partial charge in [0, 0.05) is 37.3 Å². The molecule has 0 aliphatic carbocycles. The van der Waals surface area contributed by atoms with Gasteiger partial charge in [-0.1, -0.05) is 0 Å². The summed E-state index contributed by atoms with van der Waals surface area (Å²) in [5.74, 6) is 5.82. The standard InChI is InChI=1S/C23H23F3N8O2/c1-4-29-18-7-13(20-15(9-30-33(20)3)21(28-2)32-27)8-19(31-18)34-10-16-14(22(34)36)5-12(11-35)6-17(16)23(24,25)26/h5-9,11H,4,10,27H2,1-3H3,(H,28,32)(H,29,31). The van der Waals surface area contributed by atoms with Gasteiger partial charge < -0.3 is 10.7 Å². The lowest BCUT2D eigenvalue weighted by Gasteiger charge is -2.19. The molecule has 0 bridgehead atoms. The number of aliphatic imine (C=N–C) groups is 1. The summed E-state index contributed by atoms with van der Waals surface area (Å²) in [5.41, 5.74) is 2.63. The van der Waals surface area contributed by atoms with Gasteiger partial charge in [-0.15, -0.1) is 0 Å². The number of carbonyl (C=O) groups excluding carboxylic acids is 2. The number of fused-ring (bicyclic) bond motifs is 1. The predicted octanol–water partition coefficient (Wildman–Crippen LogP) is 2.75. The van der Waals surface area contributed by atoms with Crippen molar-refractivity contribution in [3.63, 3.8) is 0 Å². The van der Waals surface area contributed by atoms with Crippen molar-refractivity contribution in [2.75, 3.05) is 23.8 Å². The number of benzene rings is 1. The fourth-order valence-corrected chi connectivity index (χ4v) is 4.22. The molecule has 0 atom stereocenters. The number of nitrogens with zero attached hydrogens (tertiary/aromatic N) is 5. The first kappa shape index (κ1) is 24.9. The third-order valence-electron chi connectivity index (χ3n) is 5.78. The van der Waals surface area contributed by atoms with Crippen molar-refractivity contribution in [3.8, 4) is 11.3 Å². The van der Waals surface area contributed by atoms with Crippen LogP contribution in [-0.4, -0.2) is 46.4 Å². The lowest BCUT2D eigenvalue weighted by Crippen LogP contribution is -2.31. The highest BCUT2D eigenvalue weighted by atomic mass is 19.4. The number of nitrogens with two attached hydrogens (primary N) is 1. The van der Waals surface area contributed by atoms with E-state index in [1.165, 1.54) is 6.07 Å². The van der Waals surface area contributed by atoms with Gasteiger partial charge in [-0.2, -0.15) is 18.3 Å². The number of aromatic nitrogens is 3. The normalized spacial score (nSPS) is 13.7. The molecular weight excluding hydrogens is 477 g/mol. The zero-order valence-electron chi connectivity index (χ0n) is 19.6. The number of carbonyl (C=O) groups is 2. The monoisotopic (exact) mass is 500 g/mol. The van der Waals surface area contributed by atoms with Crippen LogP contribution in [0.2, 0.25) is 0 Å². The molecule has 4 rings (SSSR count). The Kier molecular flexibility index (Phi) is 6.50. The number of aryl methyl sites for hydroxylation is 1. The number of rotatable bonds is 6. The van der Waals surface area contributed by atoms with Gasteiger partial charge in [0.15, 0.2) is 0 Å². The summed E-state index contributed by atoms with van der Waals surface area (Å²) in [6.45, 7) is 2.01. The average molecular weight is 500 g/mol. The lowest BCUT2D eigenvalue weighted by molar-refractivity contribution is -0.138. The highest BCUT2D eigenvalue weighted by molar-refractivity contribution is 6.11. The van der Waals surface area contributed by atoms with E-state index >= 15 is 0 Å². The number of aldehydes is 1. The minimum absolute atomic E-state index is 0.133. The van der Waals surface area contributed by atoms with Gasteiger partial charge in [-0.25, -0.2) is 10.8 Å². The van der Waals surface area contributed by atoms with Gasteiger partial charge in [0.1, 0.15) is 23.8 Å². The summed E-state index contributed by atoms with van der Waals surface area (Å²) in [6.07, 6.45) is -2.88. The number of anilines is 2. The minimum atomic E-state index is -4.74. The van der Waals surface area contributed by atoms with Gasteiger partial charge in [-0.05, 0) is 36.8 Å². The maximum atomic E-state index is 13.8. The van der Waals surface area contributed by atoms with E-state index < -0.39 is 17.6 Å². The Bertz CT molecular complexity index is 1380. The molecule has 0 spiro atoms. The minimum Gasteiger partial charge on any atom is -0.370 e. The molecule has 0 saturated carbocycles. The molecule has 36 heavy (non-hydrogen) atoms. The molecule has 0 radical (unpaired) electrons. The molecule has 13 heteroatoms. The van der Waals surface area contributed by atoms with Crippen LogP contribution in [0.25, 0.3) is 11.3 Å². The summed E-state index contributed by atoms with van der Waals surface area (Å²) in [6, 6.07) is 5.24. The molecule has 1 aliphatic rings. The number of hydrogen-bond donors (Lipinski definition) is 3. The molecule has 1 amide bonds. The molecule has 0 unspecified atom stereocenters. The number of halogens is 3. The van der Waals surface area contributed by atoms with E-state index in [9.17, 15) is 22.8 Å². The number of nitrogens with one attached hydrogen (secondary N) is 2. The van der Waals surface area contributed by atoms with Crippen LogP contribution in [0.5, 0.6) is 0 Å². The summed E-state index contributed by atoms with van der Waals surface area (Å²) in [5, 5.41) is 7.36. The van der Waals surface area contributed by atoms with E-state index in [1.54, 1.807) is 37.1 Å². The Morgan fingerprint density at radius 3 is 2.64 bits per heavy atom. The molecule has 2 aromatic heterocycles. The zero-order chi connectivity index (χ0) is 26.2. The van der Waals surface area contributed by atoms with Gasteiger partial charge >= 0.3 is 6.18 Å². The van der Waals surface area contributed by atoms with E-state index in [1.807, 2.05) is 6.92 Å². The second-order valence-corrected chi connectivity index (χ2v) is 7.98. The number of hydrogen-bond acceptors (Lipinski definition) is 7.